The highest BCUT2D eigenvalue weighted by atomic mass is 79.9. The average molecular weight is 378 g/mol. The summed E-state index contributed by atoms with van der Waals surface area (Å²) in [5.74, 6) is 0.301. The maximum Gasteiger partial charge on any atom is 0.258 e. The lowest BCUT2D eigenvalue weighted by Crippen LogP contribution is -2.17. The molecule has 1 aromatic carbocycles. The van der Waals surface area contributed by atoms with E-state index in [0.29, 0.717) is 11.5 Å². The summed E-state index contributed by atoms with van der Waals surface area (Å²) < 4.78 is 0.962. The number of amides is 1. The zero-order chi connectivity index (χ0) is 16.7. The van der Waals surface area contributed by atoms with E-state index in [0.717, 1.165) is 29.7 Å². The van der Waals surface area contributed by atoms with Gasteiger partial charge in [-0.3, -0.25) is 4.79 Å². The Bertz CT molecular complexity index is 628. The second kappa shape index (κ2) is 8.59. The summed E-state index contributed by atoms with van der Waals surface area (Å²) in [7, 11) is 4.07. The second-order valence-electron chi connectivity index (χ2n) is 5.34. The number of anilines is 2. The lowest BCUT2D eigenvalue weighted by molar-refractivity contribution is 0.102. The van der Waals surface area contributed by atoms with Crippen LogP contribution >= 0.6 is 15.9 Å². The van der Waals surface area contributed by atoms with E-state index in [-0.39, 0.29) is 5.91 Å². The van der Waals surface area contributed by atoms with Crippen LogP contribution in [-0.4, -0.2) is 48.0 Å². The first-order valence-electron chi connectivity index (χ1n) is 7.32. The van der Waals surface area contributed by atoms with E-state index < -0.39 is 0 Å². The first-order chi connectivity index (χ1) is 11.0. The molecule has 0 saturated carbocycles. The molecule has 6 nitrogen and oxygen atoms in total. The zero-order valence-corrected chi connectivity index (χ0v) is 14.8. The van der Waals surface area contributed by atoms with Crippen molar-refractivity contribution in [3.8, 4) is 0 Å². The number of halogens is 1. The van der Waals surface area contributed by atoms with Crippen molar-refractivity contribution in [2.45, 2.75) is 6.42 Å². The highest BCUT2D eigenvalue weighted by Gasteiger charge is 2.07. The minimum absolute atomic E-state index is 0.230. The quantitative estimate of drug-likeness (QED) is 0.726. The summed E-state index contributed by atoms with van der Waals surface area (Å²) in [6.07, 6.45) is 4.05. The van der Waals surface area contributed by atoms with Crippen molar-refractivity contribution in [2.75, 3.05) is 37.8 Å². The van der Waals surface area contributed by atoms with Gasteiger partial charge in [-0.25, -0.2) is 9.97 Å². The third kappa shape index (κ3) is 5.96. The van der Waals surface area contributed by atoms with Crippen molar-refractivity contribution in [2.24, 2.45) is 0 Å². The predicted molar refractivity (Wildman–Crippen MR) is 95.8 cm³/mol. The highest BCUT2D eigenvalue weighted by Crippen LogP contribution is 2.15. The molecule has 2 aromatic rings. The lowest BCUT2D eigenvalue weighted by Gasteiger charge is -2.10. The molecule has 1 amide bonds. The van der Waals surface area contributed by atoms with Gasteiger partial charge in [-0.2, -0.15) is 0 Å². The zero-order valence-electron chi connectivity index (χ0n) is 13.2. The number of hydrogen-bond acceptors (Lipinski definition) is 5. The fourth-order valence-corrected chi connectivity index (χ4v) is 2.13. The van der Waals surface area contributed by atoms with Crippen LogP contribution in [0.2, 0.25) is 0 Å². The van der Waals surface area contributed by atoms with Crippen LogP contribution in [0, 0.1) is 0 Å². The van der Waals surface area contributed by atoms with E-state index >= 15 is 0 Å². The van der Waals surface area contributed by atoms with Crippen molar-refractivity contribution in [3.63, 3.8) is 0 Å². The van der Waals surface area contributed by atoms with Gasteiger partial charge in [0.05, 0.1) is 5.56 Å². The number of nitrogens with one attached hydrogen (secondary N) is 2. The van der Waals surface area contributed by atoms with Gasteiger partial charge in [-0.05, 0) is 51.3 Å². The van der Waals surface area contributed by atoms with Gasteiger partial charge in [-0.15, -0.1) is 0 Å². The molecule has 1 heterocycles. The van der Waals surface area contributed by atoms with E-state index in [1.165, 1.54) is 12.4 Å². The number of aromatic nitrogens is 2. The van der Waals surface area contributed by atoms with Gasteiger partial charge in [0.15, 0.2) is 0 Å². The van der Waals surface area contributed by atoms with Crippen molar-refractivity contribution >= 4 is 33.5 Å². The Balaban J connectivity index is 1.86. The molecule has 1 aromatic heterocycles. The molecule has 2 N–H and O–H groups in total. The van der Waals surface area contributed by atoms with E-state index in [1.807, 2.05) is 38.4 Å². The van der Waals surface area contributed by atoms with E-state index in [1.54, 1.807) is 0 Å². The summed E-state index contributed by atoms with van der Waals surface area (Å²) in [4.78, 5) is 22.6. The first kappa shape index (κ1) is 17.4. The number of nitrogens with zero attached hydrogens (tertiary/aromatic N) is 3. The van der Waals surface area contributed by atoms with Crippen LogP contribution in [0.1, 0.15) is 16.8 Å². The van der Waals surface area contributed by atoms with Gasteiger partial charge in [-0.1, -0.05) is 15.9 Å². The Morgan fingerprint density at radius 2 is 1.83 bits per heavy atom. The van der Waals surface area contributed by atoms with Gasteiger partial charge in [0.25, 0.3) is 5.91 Å². The lowest BCUT2D eigenvalue weighted by atomic mass is 10.3. The van der Waals surface area contributed by atoms with Crippen LogP contribution in [0.5, 0.6) is 0 Å². The van der Waals surface area contributed by atoms with Crippen LogP contribution < -0.4 is 10.6 Å². The molecule has 0 aliphatic carbocycles. The molecule has 7 heteroatoms. The van der Waals surface area contributed by atoms with Gasteiger partial charge in [0.1, 0.15) is 0 Å². The maximum atomic E-state index is 12.1. The monoisotopic (exact) mass is 377 g/mol. The van der Waals surface area contributed by atoms with Crippen molar-refractivity contribution < 1.29 is 4.79 Å². The number of hydrogen-bond donors (Lipinski definition) is 2. The highest BCUT2D eigenvalue weighted by molar-refractivity contribution is 9.10. The fraction of sp³-hybridized carbons (Fsp3) is 0.312. The van der Waals surface area contributed by atoms with Crippen LogP contribution in [0.15, 0.2) is 41.1 Å². The molecule has 0 fully saturated rings. The van der Waals surface area contributed by atoms with Crippen molar-refractivity contribution in [1.82, 2.24) is 14.9 Å². The normalized spacial score (nSPS) is 10.6. The summed E-state index contributed by atoms with van der Waals surface area (Å²) in [6, 6.07) is 7.38. The Hall–Kier alpha value is -1.99. The Morgan fingerprint density at radius 1 is 1.17 bits per heavy atom. The molecular formula is C16H20BrN5O. The predicted octanol–water partition coefficient (Wildman–Crippen LogP) is 2.86. The molecule has 23 heavy (non-hydrogen) atoms. The van der Waals surface area contributed by atoms with Gasteiger partial charge in [0.2, 0.25) is 5.95 Å². The molecule has 0 aliphatic rings. The largest absolute Gasteiger partial charge is 0.354 e. The van der Waals surface area contributed by atoms with Crippen LogP contribution in [-0.2, 0) is 0 Å². The number of benzene rings is 1. The number of carbonyl (C=O) groups excluding carboxylic acids is 1. The smallest absolute Gasteiger partial charge is 0.258 e. The molecule has 0 bridgehead atoms. The molecule has 2 rings (SSSR count). The Labute approximate surface area is 144 Å². The fourth-order valence-electron chi connectivity index (χ4n) is 1.87. The molecule has 0 spiro atoms. The Morgan fingerprint density at radius 3 is 2.43 bits per heavy atom. The molecule has 122 valence electrons. The van der Waals surface area contributed by atoms with Crippen molar-refractivity contribution in [3.05, 3.63) is 46.7 Å². The summed E-state index contributed by atoms with van der Waals surface area (Å²) in [5.41, 5.74) is 1.15. The van der Waals surface area contributed by atoms with Crippen LogP contribution in [0.25, 0.3) is 0 Å². The first-order valence-corrected chi connectivity index (χ1v) is 8.11. The summed E-state index contributed by atoms with van der Waals surface area (Å²) >= 11 is 3.36. The maximum absolute atomic E-state index is 12.1. The molecular weight excluding hydrogens is 358 g/mol. The second-order valence-corrected chi connectivity index (χ2v) is 6.26. The van der Waals surface area contributed by atoms with Gasteiger partial charge < -0.3 is 15.5 Å². The molecule has 0 radical (unpaired) electrons. The van der Waals surface area contributed by atoms with E-state index in [9.17, 15) is 4.79 Å². The third-order valence-corrected chi connectivity index (χ3v) is 3.61. The SMILES string of the molecule is CN(C)CCCNc1ncc(C(=O)Nc2ccc(Br)cc2)cn1. The minimum Gasteiger partial charge on any atom is -0.354 e. The van der Waals surface area contributed by atoms with Crippen molar-refractivity contribution in [1.29, 1.82) is 0 Å². The molecule has 0 aliphatic heterocycles. The van der Waals surface area contributed by atoms with Gasteiger partial charge in [0, 0.05) is 29.1 Å². The van der Waals surface area contributed by atoms with Gasteiger partial charge >= 0.3 is 0 Å². The molecule has 0 unspecified atom stereocenters. The minimum atomic E-state index is -0.230. The van der Waals surface area contributed by atoms with E-state index in [2.05, 4.69) is 41.4 Å². The molecule has 0 atom stereocenters. The summed E-state index contributed by atoms with van der Waals surface area (Å²) in [6.45, 7) is 1.79. The average Bonchev–Trinajstić information content (AvgIpc) is 2.54. The molecule has 0 saturated heterocycles. The van der Waals surface area contributed by atoms with Crippen LogP contribution in [0.4, 0.5) is 11.6 Å². The van der Waals surface area contributed by atoms with Crippen LogP contribution in [0.3, 0.4) is 0 Å². The number of carbonyl (C=O) groups is 1. The van der Waals surface area contributed by atoms with E-state index in [4.69, 9.17) is 0 Å². The standard InChI is InChI=1S/C16H20BrN5O/c1-22(2)9-3-8-18-16-19-10-12(11-20-16)15(23)21-14-6-4-13(17)5-7-14/h4-7,10-11H,3,8-9H2,1-2H3,(H,21,23)(H,18,19,20). The topological polar surface area (TPSA) is 70.2 Å². The third-order valence-electron chi connectivity index (χ3n) is 3.08. The number of rotatable bonds is 7. The Kier molecular flexibility index (Phi) is 6.49. The summed E-state index contributed by atoms with van der Waals surface area (Å²) in [5, 5.41) is 5.94.